The van der Waals surface area contributed by atoms with Crippen molar-refractivity contribution in [2.24, 2.45) is 0 Å². The zero-order chi connectivity index (χ0) is 24.6. The summed E-state index contributed by atoms with van der Waals surface area (Å²) in [5.41, 5.74) is 4.46. The summed E-state index contributed by atoms with van der Waals surface area (Å²) in [5, 5.41) is 4.15. The third kappa shape index (κ3) is 6.14. The molecule has 35 heavy (non-hydrogen) atoms. The predicted molar refractivity (Wildman–Crippen MR) is 134 cm³/mol. The molecule has 0 saturated heterocycles. The van der Waals surface area contributed by atoms with Crippen LogP contribution >= 0.6 is 0 Å². The number of ether oxygens (including phenoxy) is 3. The molecule has 3 aromatic rings. The number of nitrogens with zero attached hydrogens (tertiary/aromatic N) is 1. The summed E-state index contributed by atoms with van der Waals surface area (Å²) in [7, 11) is 3.18. The Morgan fingerprint density at radius 2 is 2.03 bits per heavy atom. The van der Waals surface area contributed by atoms with Gasteiger partial charge >= 0.3 is 0 Å². The van der Waals surface area contributed by atoms with E-state index in [-0.39, 0.29) is 24.8 Å². The van der Waals surface area contributed by atoms with Crippen molar-refractivity contribution in [3.8, 4) is 11.5 Å². The monoisotopic (exact) mass is 479 g/mol. The Kier molecular flexibility index (Phi) is 8.26. The lowest BCUT2D eigenvalue weighted by atomic mass is 10.0. The second-order valence-electron chi connectivity index (χ2n) is 8.65. The van der Waals surface area contributed by atoms with Crippen LogP contribution in [0.4, 0.5) is 0 Å². The van der Waals surface area contributed by atoms with Gasteiger partial charge in [0, 0.05) is 43.2 Å². The first kappa shape index (κ1) is 24.6. The van der Waals surface area contributed by atoms with Crippen LogP contribution in [0.15, 0.2) is 42.5 Å². The first-order valence-corrected chi connectivity index (χ1v) is 12.0. The maximum atomic E-state index is 12.7. The average Bonchev–Trinajstić information content (AvgIpc) is 3.20. The summed E-state index contributed by atoms with van der Waals surface area (Å²) in [6.45, 7) is 1.64. The van der Waals surface area contributed by atoms with Crippen molar-refractivity contribution >= 4 is 22.7 Å². The number of hydrogen-bond donors (Lipinski definition) is 2. The van der Waals surface area contributed by atoms with Crippen molar-refractivity contribution in [2.45, 2.75) is 25.7 Å². The van der Waals surface area contributed by atoms with Crippen LogP contribution in [0, 0.1) is 0 Å². The van der Waals surface area contributed by atoms with Crippen LogP contribution in [-0.2, 0) is 27.2 Å². The van der Waals surface area contributed by atoms with Crippen LogP contribution < -0.4 is 14.8 Å². The molecule has 2 aromatic carbocycles. The molecule has 2 N–H and O–H groups in total. The van der Waals surface area contributed by atoms with E-state index in [9.17, 15) is 9.59 Å². The van der Waals surface area contributed by atoms with E-state index in [4.69, 9.17) is 14.2 Å². The summed E-state index contributed by atoms with van der Waals surface area (Å²) in [6.07, 6.45) is 2.22. The molecule has 0 unspecified atom stereocenters. The van der Waals surface area contributed by atoms with Crippen molar-refractivity contribution in [1.82, 2.24) is 15.2 Å². The highest BCUT2D eigenvalue weighted by Gasteiger charge is 2.19. The first-order chi connectivity index (χ1) is 17.1. The van der Waals surface area contributed by atoms with Crippen LogP contribution in [0.1, 0.15) is 29.7 Å². The van der Waals surface area contributed by atoms with E-state index in [1.807, 2.05) is 30.3 Å². The fourth-order valence-electron chi connectivity index (χ4n) is 4.47. The molecule has 0 saturated carbocycles. The maximum absolute atomic E-state index is 12.7. The number of methoxy groups -OCH3 is 2. The number of carbonyl (C=O) groups is 2. The normalized spacial score (nSPS) is 15.3. The van der Waals surface area contributed by atoms with Gasteiger partial charge < -0.3 is 29.4 Å². The van der Waals surface area contributed by atoms with Crippen LogP contribution in [0.3, 0.4) is 0 Å². The molecule has 0 spiro atoms. The predicted octanol–water partition coefficient (Wildman–Crippen LogP) is 3.07. The molecule has 186 valence electrons. The molecule has 0 atom stereocenters. The van der Waals surface area contributed by atoms with Gasteiger partial charge in [-0.3, -0.25) is 9.59 Å². The third-order valence-electron chi connectivity index (χ3n) is 6.25. The number of hydrogen-bond acceptors (Lipinski definition) is 5. The van der Waals surface area contributed by atoms with Gasteiger partial charge in [-0.15, -0.1) is 0 Å². The fraction of sp³-hybridized carbons (Fsp3) is 0.407. The lowest BCUT2D eigenvalue weighted by molar-refractivity contribution is -0.136. The average molecular weight is 480 g/mol. The number of nitrogens with one attached hydrogen (secondary N) is 2. The van der Waals surface area contributed by atoms with Crippen molar-refractivity contribution in [3.63, 3.8) is 0 Å². The molecule has 8 heteroatoms. The van der Waals surface area contributed by atoms with Gasteiger partial charge in [-0.1, -0.05) is 24.3 Å². The number of aromatic nitrogens is 1. The van der Waals surface area contributed by atoms with Crippen LogP contribution in [0.2, 0.25) is 0 Å². The lowest BCUT2D eigenvalue weighted by Gasteiger charge is -2.23. The van der Waals surface area contributed by atoms with Crippen molar-refractivity contribution in [1.29, 1.82) is 0 Å². The van der Waals surface area contributed by atoms with Gasteiger partial charge in [0.1, 0.15) is 0 Å². The number of amides is 2. The summed E-state index contributed by atoms with van der Waals surface area (Å²) in [4.78, 5) is 30.5. The minimum absolute atomic E-state index is 0.0160. The highest BCUT2D eigenvalue weighted by atomic mass is 16.5. The van der Waals surface area contributed by atoms with Crippen molar-refractivity contribution < 1.29 is 23.8 Å². The van der Waals surface area contributed by atoms with Crippen molar-refractivity contribution in [2.75, 3.05) is 47.1 Å². The van der Waals surface area contributed by atoms with Crippen LogP contribution in [-0.4, -0.2) is 68.8 Å². The summed E-state index contributed by atoms with van der Waals surface area (Å²) in [5.74, 6) is 1.06. The van der Waals surface area contributed by atoms with Gasteiger partial charge in [0.25, 0.3) is 0 Å². The second-order valence-corrected chi connectivity index (χ2v) is 8.65. The van der Waals surface area contributed by atoms with Gasteiger partial charge in [0.05, 0.1) is 33.3 Å². The standard InChI is InChI=1S/C27H33N3O5/c1-33-15-11-27(32)30-13-5-14-35-25-17-19(8-9-24(25)34-2)16-23-21(10-12-28-26(31)18-30)20-6-3-4-7-22(20)29-23/h3-4,6-9,17,29H,5,10-16,18H2,1-2H3,(H,28,31). The molecule has 2 amide bonds. The van der Waals surface area contributed by atoms with E-state index >= 15 is 0 Å². The molecular formula is C27H33N3O5. The smallest absolute Gasteiger partial charge is 0.239 e. The SMILES string of the molecule is COCCC(=O)N1CCCOc2cc(ccc2OC)Cc2[nH]c3ccccc3c2CCNC(=O)C1. The molecular weight excluding hydrogens is 446 g/mol. The van der Waals surface area contributed by atoms with Crippen LogP contribution in [0.25, 0.3) is 10.9 Å². The van der Waals surface area contributed by atoms with E-state index in [0.29, 0.717) is 57.1 Å². The molecule has 4 rings (SSSR count). The van der Waals surface area contributed by atoms with Gasteiger partial charge in [0.15, 0.2) is 11.5 Å². The molecule has 1 aromatic heterocycles. The molecule has 8 nitrogen and oxygen atoms in total. The molecule has 0 radical (unpaired) electrons. The number of carbonyl (C=O) groups excluding carboxylic acids is 2. The number of fused-ring (bicyclic) bond motifs is 5. The van der Waals surface area contributed by atoms with E-state index in [0.717, 1.165) is 22.2 Å². The van der Waals surface area contributed by atoms with E-state index < -0.39 is 0 Å². The van der Waals surface area contributed by atoms with Crippen molar-refractivity contribution in [3.05, 3.63) is 59.3 Å². The first-order valence-electron chi connectivity index (χ1n) is 12.0. The Bertz CT molecular complexity index is 1170. The van der Waals surface area contributed by atoms with E-state index in [1.54, 1.807) is 19.1 Å². The highest BCUT2D eigenvalue weighted by Crippen LogP contribution is 2.31. The van der Waals surface area contributed by atoms with E-state index in [1.165, 1.54) is 5.56 Å². The van der Waals surface area contributed by atoms with Gasteiger partial charge in [-0.2, -0.15) is 0 Å². The number of para-hydroxylation sites is 1. The Morgan fingerprint density at radius 3 is 2.86 bits per heavy atom. The minimum atomic E-state index is -0.169. The number of benzene rings is 2. The molecule has 0 fully saturated rings. The Morgan fingerprint density at radius 1 is 1.17 bits per heavy atom. The topological polar surface area (TPSA) is 92.9 Å². The Hall–Kier alpha value is -3.52. The molecule has 1 aliphatic heterocycles. The largest absolute Gasteiger partial charge is 0.493 e. The molecule has 0 aliphatic carbocycles. The number of H-pyrrole nitrogens is 1. The quantitative estimate of drug-likeness (QED) is 0.600. The maximum Gasteiger partial charge on any atom is 0.239 e. The van der Waals surface area contributed by atoms with Gasteiger partial charge in [-0.05, 0) is 42.2 Å². The summed E-state index contributed by atoms with van der Waals surface area (Å²) in [6, 6.07) is 14.2. The lowest BCUT2D eigenvalue weighted by Crippen LogP contribution is -2.42. The minimum Gasteiger partial charge on any atom is -0.493 e. The Balaban J connectivity index is 1.63. The molecule has 1 aliphatic rings. The van der Waals surface area contributed by atoms with Gasteiger partial charge in [-0.25, -0.2) is 0 Å². The molecule has 2 bridgehead atoms. The molecule has 2 heterocycles. The zero-order valence-electron chi connectivity index (χ0n) is 20.4. The summed E-state index contributed by atoms with van der Waals surface area (Å²) >= 11 is 0. The number of aromatic amines is 1. The van der Waals surface area contributed by atoms with Gasteiger partial charge in [0.2, 0.25) is 11.8 Å². The highest BCUT2D eigenvalue weighted by molar-refractivity contribution is 5.86. The summed E-state index contributed by atoms with van der Waals surface area (Å²) < 4.78 is 16.6. The van der Waals surface area contributed by atoms with Crippen LogP contribution in [0.5, 0.6) is 11.5 Å². The second kappa shape index (κ2) is 11.8. The Labute approximate surface area is 205 Å². The van der Waals surface area contributed by atoms with E-state index in [2.05, 4.69) is 22.4 Å². The fourth-order valence-corrected chi connectivity index (χ4v) is 4.47. The number of rotatable bonds is 4. The third-order valence-corrected chi connectivity index (χ3v) is 6.25. The zero-order valence-corrected chi connectivity index (χ0v) is 20.4.